The quantitative estimate of drug-likeness (QED) is 0.707. The van der Waals surface area contributed by atoms with E-state index < -0.39 is 6.04 Å². The summed E-state index contributed by atoms with van der Waals surface area (Å²) in [7, 11) is 4.61. The molecule has 0 bridgehead atoms. The highest BCUT2D eigenvalue weighted by Crippen LogP contribution is 2.50. The van der Waals surface area contributed by atoms with E-state index in [1.165, 1.54) is 27.2 Å². The molecule has 2 aromatic carbocycles. The zero-order valence-corrected chi connectivity index (χ0v) is 17.3. The van der Waals surface area contributed by atoms with Crippen LogP contribution >= 0.6 is 0 Å². The molecule has 0 saturated carbocycles. The van der Waals surface area contributed by atoms with E-state index in [0.29, 0.717) is 47.6 Å². The Morgan fingerprint density at radius 1 is 1.10 bits per heavy atom. The highest BCUT2D eigenvalue weighted by molar-refractivity contribution is 5.84. The molecule has 0 radical (unpaired) electrons. The predicted molar refractivity (Wildman–Crippen MR) is 112 cm³/mol. The van der Waals surface area contributed by atoms with Crippen molar-refractivity contribution in [3.63, 3.8) is 0 Å². The van der Waals surface area contributed by atoms with E-state index in [1.807, 2.05) is 6.07 Å². The Balaban J connectivity index is 2.41. The van der Waals surface area contributed by atoms with Crippen LogP contribution in [0.3, 0.4) is 0 Å². The van der Waals surface area contributed by atoms with E-state index in [0.717, 1.165) is 11.1 Å². The fourth-order valence-corrected chi connectivity index (χ4v) is 3.89. The van der Waals surface area contributed by atoms with Crippen molar-refractivity contribution >= 4 is 18.0 Å². The average molecular weight is 412 g/mol. The maximum absolute atomic E-state index is 12.7. The molecule has 1 aliphatic rings. The van der Waals surface area contributed by atoms with Gasteiger partial charge in [0.15, 0.2) is 11.5 Å². The van der Waals surface area contributed by atoms with Crippen LogP contribution in [0.1, 0.15) is 30.5 Å². The summed E-state index contributed by atoms with van der Waals surface area (Å²) in [4.78, 5) is 35.5. The average Bonchev–Trinajstić information content (AvgIpc) is 2.96. The third-order valence-electron chi connectivity index (χ3n) is 5.13. The van der Waals surface area contributed by atoms with Gasteiger partial charge < -0.3 is 24.8 Å². The number of carbonyl (C=O) groups excluding carboxylic acids is 2. The third kappa shape index (κ3) is 3.80. The SMILES string of the molecule is COc1cc2c(c(OC)c1OC)-c1ccc(NC=O)c(=O)cc1[C@@H](NC(C)=O)CC2. The first-order chi connectivity index (χ1) is 14.4. The lowest BCUT2D eigenvalue weighted by atomic mass is 9.95. The number of methoxy groups -OCH3 is 3. The first-order valence-corrected chi connectivity index (χ1v) is 9.42. The van der Waals surface area contributed by atoms with Gasteiger partial charge in [0.1, 0.15) is 0 Å². The molecule has 8 nitrogen and oxygen atoms in total. The van der Waals surface area contributed by atoms with Gasteiger partial charge in [0, 0.05) is 12.5 Å². The topological polar surface area (TPSA) is 103 Å². The minimum Gasteiger partial charge on any atom is -0.493 e. The molecule has 0 unspecified atom stereocenters. The number of fused-ring (bicyclic) bond motifs is 3. The Morgan fingerprint density at radius 2 is 1.83 bits per heavy atom. The van der Waals surface area contributed by atoms with Crippen LogP contribution in [0.5, 0.6) is 17.2 Å². The summed E-state index contributed by atoms with van der Waals surface area (Å²) >= 11 is 0. The van der Waals surface area contributed by atoms with Gasteiger partial charge in [-0.1, -0.05) is 6.07 Å². The maximum atomic E-state index is 12.7. The Hall–Kier alpha value is -3.55. The van der Waals surface area contributed by atoms with Gasteiger partial charge in [-0.15, -0.1) is 0 Å². The fraction of sp³-hybridized carbons (Fsp3) is 0.318. The second kappa shape index (κ2) is 8.86. The number of hydrogen-bond acceptors (Lipinski definition) is 6. The first-order valence-electron chi connectivity index (χ1n) is 9.42. The molecule has 0 saturated heterocycles. The van der Waals surface area contributed by atoms with E-state index in [1.54, 1.807) is 19.2 Å². The van der Waals surface area contributed by atoms with Gasteiger partial charge in [-0.05, 0) is 47.7 Å². The number of aryl methyl sites for hydroxylation is 1. The van der Waals surface area contributed by atoms with Gasteiger partial charge in [0.2, 0.25) is 23.5 Å². The highest BCUT2D eigenvalue weighted by Gasteiger charge is 2.29. The van der Waals surface area contributed by atoms with Crippen LogP contribution in [-0.4, -0.2) is 33.6 Å². The van der Waals surface area contributed by atoms with Gasteiger partial charge in [-0.3, -0.25) is 14.4 Å². The molecular formula is C22H24N2O6. The van der Waals surface area contributed by atoms with E-state index >= 15 is 0 Å². The Morgan fingerprint density at radius 3 is 2.43 bits per heavy atom. The lowest BCUT2D eigenvalue weighted by Gasteiger charge is -2.19. The molecular weight excluding hydrogens is 388 g/mol. The molecule has 0 heterocycles. The molecule has 1 aliphatic carbocycles. The molecule has 2 aromatic rings. The van der Waals surface area contributed by atoms with Gasteiger partial charge in [-0.2, -0.15) is 0 Å². The van der Waals surface area contributed by atoms with Crippen molar-refractivity contribution in [3.8, 4) is 28.4 Å². The van der Waals surface area contributed by atoms with Crippen LogP contribution in [0.4, 0.5) is 5.69 Å². The number of amides is 2. The molecule has 1 atom stereocenters. The standard InChI is InChI=1S/C22H24N2O6/c1-12(26)24-16-7-5-13-9-19(28-2)21(29-3)22(30-4)20(13)14-6-8-17(23-11-25)18(27)10-15(14)16/h6,8-11,16H,5,7H2,1-4H3,(H,24,26)(H,23,25,27)/t16-/m0/s1. The zero-order chi connectivity index (χ0) is 21.8. The first kappa shape index (κ1) is 21.2. The molecule has 0 aromatic heterocycles. The second-order valence-corrected chi connectivity index (χ2v) is 6.86. The largest absolute Gasteiger partial charge is 0.493 e. The number of anilines is 1. The van der Waals surface area contributed by atoms with Gasteiger partial charge in [0.05, 0.1) is 33.1 Å². The van der Waals surface area contributed by atoms with Crippen LogP contribution in [0, 0.1) is 0 Å². The molecule has 8 heteroatoms. The summed E-state index contributed by atoms with van der Waals surface area (Å²) in [5.41, 5.74) is 2.81. The summed E-state index contributed by atoms with van der Waals surface area (Å²) in [5.74, 6) is 1.23. The van der Waals surface area contributed by atoms with Gasteiger partial charge in [0.25, 0.3) is 0 Å². The van der Waals surface area contributed by atoms with E-state index in [2.05, 4.69) is 10.6 Å². The van der Waals surface area contributed by atoms with Crippen LogP contribution in [0.25, 0.3) is 11.1 Å². The number of rotatable bonds is 6. The minimum absolute atomic E-state index is 0.139. The summed E-state index contributed by atoms with van der Waals surface area (Å²) in [6.45, 7) is 1.44. The van der Waals surface area contributed by atoms with Crippen molar-refractivity contribution in [3.05, 3.63) is 45.6 Å². The summed E-state index contributed by atoms with van der Waals surface area (Å²) in [6.07, 6.45) is 1.64. The van der Waals surface area contributed by atoms with Gasteiger partial charge >= 0.3 is 0 Å². The Kier molecular flexibility index (Phi) is 6.25. The molecule has 0 spiro atoms. The fourth-order valence-electron chi connectivity index (χ4n) is 3.89. The lowest BCUT2D eigenvalue weighted by Crippen LogP contribution is -2.26. The molecule has 0 fully saturated rings. The molecule has 158 valence electrons. The lowest BCUT2D eigenvalue weighted by molar-refractivity contribution is -0.119. The number of ether oxygens (including phenoxy) is 3. The summed E-state index contributed by atoms with van der Waals surface area (Å²) in [6, 6.07) is 6.23. The van der Waals surface area contributed by atoms with E-state index in [4.69, 9.17) is 14.2 Å². The highest BCUT2D eigenvalue weighted by atomic mass is 16.5. The number of benzene rings is 1. The molecule has 30 heavy (non-hydrogen) atoms. The number of nitrogens with one attached hydrogen (secondary N) is 2. The van der Waals surface area contributed by atoms with Crippen molar-refractivity contribution in [1.82, 2.24) is 5.32 Å². The van der Waals surface area contributed by atoms with E-state index in [-0.39, 0.29) is 17.0 Å². The predicted octanol–water partition coefficient (Wildman–Crippen LogP) is 2.43. The van der Waals surface area contributed by atoms with Crippen molar-refractivity contribution < 1.29 is 23.8 Å². The van der Waals surface area contributed by atoms with Crippen LogP contribution in [-0.2, 0) is 16.0 Å². The molecule has 2 N–H and O–H groups in total. The Bertz CT molecular complexity index is 1050. The minimum atomic E-state index is -0.393. The smallest absolute Gasteiger partial charge is 0.217 e. The van der Waals surface area contributed by atoms with Crippen molar-refractivity contribution in [2.45, 2.75) is 25.8 Å². The number of carbonyl (C=O) groups is 2. The maximum Gasteiger partial charge on any atom is 0.217 e. The van der Waals surface area contributed by atoms with Crippen LogP contribution < -0.4 is 30.3 Å². The normalized spacial score (nSPS) is 14.5. The van der Waals surface area contributed by atoms with Gasteiger partial charge in [-0.25, -0.2) is 0 Å². The second-order valence-electron chi connectivity index (χ2n) is 6.86. The van der Waals surface area contributed by atoms with Crippen LogP contribution in [0.15, 0.2) is 29.1 Å². The van der Waals surface area contributed by atoms with E-state index in [9.17, 15) is 14.4 Å². The summed E-state index contributed by atoms with van der Waals surface area (Å²) < 4.78 is 16.7. The van der Waals surface area contributed by atoms with Crippen molar-refractivity contribution in [2.75, 3.05) is 26.6 Å². The number of hydrogen-bond donors (Lipinski definition) is 2. The molecule has 2 amide bonds. The van der Waals surface area contributed by atoms with Crippen molar-refractivity contribution in [2.24, 2.45) is 0 Å². The third-order valence-corrected chi connectivity index (χ3v) is 5.13. The Labute approximate surface area is 174 Å². The molecule has 0 aliphatic heterocycles. The van der Waals surface area contributed by atoms with Crippen LogP contribution in [0.2, 0.25) is 0 Å². The summed E-state index contributed by atoms with van der Waals surface area (Å²) in [5, 5.41) is 5.36. The zero-order valence-electron chi connectivity index (χ0n) is 17.3. The monoisotopic (exact) mass is 412 g/mol. The molecule has 3 rings (SSSR count). The van der Waals surface area contributed by atoms with Crippen molar-refractivity contribution in [1.29, 1.82) is 0 Å².